The van der Waals surface area contributed by atoms with Gasteiger partial charge in [-0.1, -0.05) is 20.8 Å². The Kier molecular flexibility index (Phi) is 4.81. The molecule has 1 aromatic carbocycles. The third-order valence-electron chi connectivity index (χ3n) is 4.14. The van der Waals surface area contributed by atoms with E-state index in [0.717, 1.165) is 31.9 Å². The van der Waals surface area contributed by atoms with Crippen LogP contribution in [0.15, 0.2) is 24.3 Å². The smallest absolute Gasteiger partial charge is 0.269 e. The molecular weight excluding hydrogens is 282 g/mol. The average molecular weight is 306 g/mol. The maximum Gasteiger partial charge on any atom is 0.269 e. The number of nitrogens with one attached hydrogen (secondary N) is 1. The molecule has 0 aliphatic carbocycles. The van der Waals surface area contributed by atoms with E-state index in [2.05, 4.69) is 4.90 Å². The number of ketones is 1. The second-order valence-corrected chi connectivity index (χ2v) is 6.86. The predicted molar refractivity (Wildman–Crippen MR) is 85.3 cm³/mol. The van der Waals surface area contributed by atoms with E-state index in [4.69, 9.17) is 0 Å². The van der Waals surface area contributed by atoms with E-state index in [9.17, 15) is 14.9 Å². The standard InChI is InChI=1S/C16H23N3O3/c1-16(2,3)15(20)12-17-8-10-18(11-9-17)13-4-6-14(7-5-13)19(21)22/h4-7H,8-12H2,1-3H3/p+1. The fraction of sp³-hybridized carbons (Fsp3) is 0.562. The highest BCUT2D eigenvalue weighted by atomic mass is 16.6. The predicted octanol–water partition coefficient (Wildman–Crippen LogP) is 0.915. The maximum absolute atomic E-state index is 12.1. The number of benzene rings is 1. The van der Waals surface area contributed by atoms with Crippen LogP contribution < -0.4 is 9.80 Å². The summed E-state index contributed by atoms with van der Waals surface area (Å²) in [6, 6.07) is 6.67. The van der Waals surface area contributed by atoms with Crippen LogP contribution in [-0.2, 0) is 4.79 Å². The van der Waals surface area contributed by atoms with Crippen LogP contribution in [-0.4, -0.2) is 43.4 Å². The molecule has 0 unspecified atom stereocenters. The molecule has 0 aromatic heterocycles. The summed E-state index contributed by atoms with van der Waals surface area (Å²) >= 11 is 0. The van der Waals surface area contributed by atoms with Gasteiger partial charge in [0.1, 0.15) is 6.54 Å². The molecule has 0 atom stereocenters. The number of nitro groups is 1. The van der Waals surface area contributed by atoms with Crippen molar-refractivity contribution in [3.8, 4) is 0 Å². The lowest BCUT2D eigenvalue weighted by atomic mass is 9.90. The number of anilines is 1. The Hall–Kier alpha value is -1.95. The van der Waals surface area contributed by atoms with Crippen molar-refractivity contribution in [3.63, 3.8) is 0 Å². The number of piperazine rings is 1. The second kappa shape index (κ2) is 6.44. The third-order valence-corrected chi connectivity index (χ3v) is 4.14. The van der Waals surface area contributed by atoms with Crippen molar-refractivity contribution < 1.29 is 14.6 Å². The van der Waals surface area contributed by atoms with Gasteiger partial charge >= 0.3 is 0 Å². The van der Waals surface area contributed by atoms with Crippen LogP contribution in [0, 0.1) is 15.5 Å². The molecule has 1 aliphatic heterocycles. The molecule has 1 N–H and O–H groups in total. The quantitative estimate of drug-likeness (QED) is 0.663. The van der Waals surface area contributed by atoms with Crippen molar-refractivity contribution in [2.75, 3.05) is 37.6 Å². The second-order valence-electron chi connectivity index (χ2n) is 6.86. The molecule has 1 fully saturated rings. The van der Waals surface area contributed by atoms with Crippen LogP contribution >= 0.6 is 0 Å². The van der Waals surface area contributed by atoms with Gasteiger partial charge in [0.15, 0.2) is 5.78 Å². The normalized spacial score (nSPS) is 16.6. The van der Waals surface area contributed by atoms with Gasteiger partial charge in [0.2, 0.25) is 0 Å². The van der Waals surface area contributed by atoms with Gasteiger partial charge in [0.25, 0.3) is 5.69 Å². The Bertz CT molecular complexity index is 541. The Morgan fingerprint density at radius 2 is 1.77 bits per heavy atom. The molecule has 1 saturated heterocycles. The SMILES string of the molecule is CC(C)(C)C(=O)C[NH+]1CCN(c2ccc([N+](=O)[O-])cc2)CC1. The van der Waals surface area contributed by atoms with Gasteiger partial charge in [-0.25, -0.2) is 0 Å². The van der Waals surface area contributed by atoms with Gasteiger partial charge in [-0.05, 0) is 12.1 Å². The van der Waals surface area contributed by atoms with Crippen molar-refractivity contribution in [2.24, 2.45) is 5.41 Å². The van der Waals surface area contributed by atoms with Gasteiger partial charge in [-0.15, -0.1) is 0 Å². The van der Waals surface area contributed by atoms with E-state index in [1.165, 1.54) is 17.0 Å². The van der Waals surface area contributed by atoms with Crippen LogP contribution in [0.2, 0.25) is 0 Å². The largest absolute Gasteiger partial charge is 0.360 e. The minimum Gasteiger partial charge on any atom is -0.360 e. The zero-order chi connectivity index (χ0) is 16.3. The number of nitrogens with zero attached hydrogens (tertiary/aromatic N) is 2. The molecule has 1 heterocycles. The Morgan fingerprint density at radius 3 is 2.23 bits per heavy atom. The number of quaternary nitrogens is 1. The van der Waals surface area contributed by atoms with Crippen molar-refractivity contribution in [3.05, 3.63) is 34.4 Å². The molecule has 0 bridgehead atoms. The summed E-state index contributed by atoms with van der Waals surface area (Å²) in [5, 5.41) is 10.7. The van der Waals surface area contributed by atoms with Crippen LogP contribution in [0.25, 0.3) is 0 Å². The fourth-order valence-corrected chi connectivity index (χ4v) is 2.54. The zero-order valence-electron chi connectivity index (χ0n) is 13.5. The first-order valence-corrected chi connectivity index (χ1v) is 7.63. The number of Topliss-reactive ketones (excluding diaryl/α,β-unsaturated/α-hetero) is 1. The van der Waals surface area contributed by atoms with Crippen molar-refractivity contribution in [1.29, 1.82) is 0 Å². The lowest BCUT2D eigenvalue weighted by Gasteiger charge is -2.34. The van der Waals surface area contributed by atoms with Gasteiger partial charge in [-0.2, -0.15) is 0 Å². The molecule has 1 aliphatic rings. The Balaban J connectivity index is 1.89. The highest BCUT2D eigenvalue weighted by molar-refractivity contribution is 5.84. The number of carbonyl (C=O) groups is 1. The van der Waals surface area contributed by atoms with Gasteiger partial charge in [-0.3, -0.25) is 14.9 Å². The van der Waals surface area contributed by atoms with Crippen molar-refractivity contribution >= 4 is 17.2 Å². The maximum atomic E-state index is 12.1. The molecule has 0 amide bonds. The number of hydrogen-bond acceptors (Lipinski definition) is 4. The van der Waals surface area contributed by atoms with E-state index in [1.807, 2.05) is 20.8 Å². The first kappa shape index (κ1) is 16.4. The van der Waals surface area contributed by atoms with Crippen LogP contribution in [0.4, 0.5) is 11.4 Å². The highest BCUT2D eigenvalue weighted by Crippen LogP contribution is 2.19. The minimum atomic E-state index is -0.385. The summed E-state index contributed by atoms with van der Waals surface area (Å²) in [5.41, 5.74) is 0.846. The number of hydrogen-bond donors (Lipinski definition) is 1. The molecule has 0 radical (unpaired) electrons. The summed E-state index contributed by atoms with van der Waals surface area (Å²) in [7, 11) is 0. The van der Waals surface area contributed by atoms with Crippen molar-refractivity contribution in [2.45, 2.75) is 20.8 Å². The first-order chi connectivity index (χ1) is 10.3. The average Bonchev–Trinajstić information content (AvgIpc) is 2.47. The highest BCUT2D eigenvalue weighted by Gasteiger charge is 2.28. The summed E-state index contributed by atoms with van der Waals surface area (Å²) in [6.45, 7) is 10.0. The van der Waals surface area contributed by atoms with Gasteiger partial charge in [0, 0.05) is 23.2 Å². The Labute approximate surface area is 130 Å². The van der Waals surface area contributed by atoms with E-state index in [1.54, 1.807) is 12.1 Å². The number of rotatable bonds is 4. The molecule has 0 spiro atoms. The molecule has 2 rings (SSSR count). The van der Waals surface area contributed by atoms with Crippen LogP contribution in [0.3, 0.4) is 0 Å². The van der Waals surface area contributed by atoms with Crippen LogP contribution in [0.1, 0.15) is 20.8 Å². The molecule has 1 aromatic rings. The minimum absolute atomic E-state index is 0.115. The van der Waals surface area contributed by atoms with Crippen molar-refractivity contribution in [1.82, 2.24) is 0 Å². The summed E-state index contributed by atoms with van der Waals surface area (Å²) in [5.74, 6) is 0.297. The van der Waals surface area contributed by atoms with E-state index >= 15 is 0 Å². The van der Waals surface area contributed by atoms with Gasteiger partial charge in [0.05, 0.1) is 31.1 Å². The molecular formula is C16H24N3O3+. The third kappa shape index (κ3) is 4.04. The monoisotopic (exact) mass is 306 g/mol. The molecule has 120 valence electrons. The van der Waals surface area contributed by atoms with E-state index in [-0.39, 0.29) is 16.0 Å². The van der Waals surface area contributed by atoms with Gasteiger partial charge < -0.3 is 9.80 Å². The molecule has 6 nitrogen and oxygen atoms in total. The lowest BCUT2D eigenvalue weighted by molar-refractivity contribution is -0.892. The number of carbonyl (C=O) groups excluding carboxylic acids is 1. The van der Waals surface area contributed by atoms with Crippen LogP contribution in [0.5, 0.6) is 0 Å². The summed E-state index contributed by atoms with van der Waals surface area (Å²) in [4.78, 5) is 25.9. The summed E-state index contributed by atoms with van der Waals surface area (Å²) < 4.78 is 0. The van der Waals surface area contributed by atoms with E-state index in [0.29, 0.717) is 12.3 Å². The zero-order valence-corrected chi connectivity index (χ0v) is 13.5. The topological polar surface area (TPSA) is 67.9 Å². The first-order valence-electron chi connectivity index (χ1n) is 7.63. The number of non-ortho nitro benzene ring substituents is 1. The Morgan fingerprint density at radius 1 is 1.23 bits per heavy atom. The summed E-state index contributed by atoms with van der Waals surface area (Å²) in [6.07, 6.45) is 0. The lowest BCUT2D eigenvalue weighted by Crippen LogP contribution is -3.15. The molecule has 6 heteroatoms. The van der Waals surface area contributed by atoms with E-state index < -0.39 is 0 Å². The molecule has 0 saturated carbocycles. The fourth-order valence-electron chi connectivity index (χ4n) is 2.54. The number of nitro benzene ring substituents is 1. The molecule has 22 heavy (non-hydrogen) atoms.